The van der Waals surface area contributed by atoms with Crippen LogP contribution in [0, 0.1) is 5.82 Å². The maximum absolute atomic E-state index is 14.0. The van der Waals surface area contributed by atoms with Crippen LogP contribution in [0.4, 0.5) is 4.39 Å². The Labute approximate surface area is 126 Å². The molecule has 0 amide bonds. The maximum Gasteiger partial charge on any atom is 0.341 e. The van der Waals surface area contributed by atoms with Crippen molar-refractivity contribution in [3.8, 4) is 11.1 Å². The Bertz CT molecular complexity index is 636. The first-order chi connectivity index (χ1) is 9.54. The molecule has 20 heavy (non-hydrogen) atoms. The van der Waals surface area contributed by atoms with E-state index in [1.807, 2.05) is 0 Å². The van der Waals surface area contributed by atoms with Crippen molar-refractivity contribution in [2.45, 2.75) is 6.92 Å². The first-order valence-electron chi connectivity index (χ1n) is 5.95. The Morgan fingerprint density at radius 1 is 1.20 bits per heavy atom. The van der Waals surface area contributed by atoms with Gasteiger partial charge in [-0.3, -0.25) is 0 Å². The van der Waals surface area contributed by atoms with Gasteiger partial charge in [-0.2, -0.15) is 0 Å². The number of carbonyl (C=O) groups is 1. The zero-order valence-corrected chi connectivity index (χ0v) is 12.1. The third-order valence-corrected chi connectivity index (χ3v) is 3.35. The van der Waals surface area contributed by atoms with Gasteiger partial charge in [0.2, 0.25) is 0 Å². The van der Waals surface area contributed by atoms with Gasteiger partial charge in [-0.1, -0.05) is 35.3 Å². The molecule has 0 atom stereocenters. The summed E-state index contributed by atoms with van der Waals surface area (Å²) in [6.07, 6.45) is 0. The van der Waals surface area contributed by atoms with Crippen LogP contribution in [0.3, 0.4) is 0 Å². The molecule has 0 fully saturated rings. The summed E-state index contributed by atoms with van der Waals surface area (Å²) in [6.45, 7) is 1.85. The van der Waals surface area contributed by atoms with Crippen molar-refractivity contribution < 1.29 is 13.9 Å². The fourth-order valence-electron chi connectivity index (χ4n) is 1.82. The monoisotopic (exact) mass is 312 g/mol. The Kier molecular flexibility index (Phi) is 4.63. The van der Waals surface area contributed by atoms with Crippen LogP contribution in [-0.2, 0) is 4.74 Å². The van der Waals surface area contributed by atoms with Crippen molar-refractivity contribution in [2.24, 2.45) is 0 Å². The highest BCUT2D eigenvalue weighted by Gasteiger charge is 2.15. The van der Waals surface area contributed by atoms with Crippen LogP contribution in [0.1, 0.15) is 17.3 Å². The molecule has 2 aromatic rings. The number of carbonyl (C=O) groups excluding carboxylic acids is 1. The van der Waals surface area contributed by atoms with E-state index in [2.05, 4.69) is 0 Å². The molecule has 0 N–H and O–H groups in total. The van der Waals surface area contributed by atoms with Crippen molar-refractivity contribution in [1.82, 2.24) is 0 Å². The second kappa shape index (κ2) is 6.25. The van der Waals surface area contributed by atoms with Gasteiger partial charge in [0.15, 0.2) is 0 Å². The molecular formula is C15H11Cl2FO2. The van der Waals surface area contributed by atoms with Crippen molar-refractivity contribution in [2.75, 3.05) is 6.61 Å². The van der Waals surface area contributed by atoms with E-state index < -0.39 is 11.8 Å². The van der Waals surface area contributed by atoms with E-state index in [4.69, 9.17) is 27.9 Å². The molecule has 0 aromatic heterocycles. The SMILES string of the molecule is CCOC(=O)c1ccc(-c2c(Cl)cccc2Cl)cc1F. The summed E-state index contributed by atoms with van der Waals surface area (Å²) < 4.78 is 18.8. The number of halogens is 3. The van der Waals surface area contributed by atoms with E-state index in [9.17, 15) is 9.18 Å². The Morgan fingerprint density at radius 3 is 2.40 bits per heavy atom. The number of ether oxygens (including phenoxy) is 1. The molecule has 0 bridgehead atoms. The summed E-state index contributed by atoms with van der Waals surface area (Å²) >= 11 is 12.1. The van der Waals surface area contributed by atoms with Crippen molar-refractivity contribution in [3.05, 3.63) is 57.8 Å². The molecule has 0 saturated carbocycles. The molecule has 104 valence electrons. The van der Waals surface area contributed by atoms with Gasteiger partial charge in [0.1, 0.15) is 5.82 Å². The second-order valence-electron chi connectivity index (χ2n) is 4.01. The number of rotatable bonds is 3. The molecule has 2 rings (SSSR count). The third-order valence-electron chi connectivity index (χ3n) is 2.72. The molecule has 0 aliphatic heterocycles. The van der Waals surface area contributed by atoms with Crippen LogP contribution in [0.25, 0.3) is 11.1 Å². The van der Waals surface area contributed by atoms with Gasteiger partial charge in [0.25, 0.3) is 0 Å². The summed E-state index contributed by atoms with van der Waals surface area (Å²) in [5.74, 6) is -1.36. The van der Waals surface area contributed by atoms with Gasteiger partial charge in [0, 0.05) is 15.6 Å². The fraction of sp³-hybridized carbons (Fsp3) is 0.133. The highest BCUT2D eigenvalue weighted by Crippen LogP contribution is 2.35. The van der Waals surface area contributed by atoms with Gasteiger partial charge in [-0.05, 0) is 36.8 Å². The predicted octanol–water partition coefficient (Wildman–Crippen LogP) is 4.98. The lowest BCUT2D eigenvalue weighted by molar-refractivity contribution is 0.0521. The first-order valence-corrected chi connectivity index (χ1v) is 6.71. The number of benzene rings is 2. The minimum Gasteiger partial charge on any atom is -0.462 e. The molecule has 2 aromatic carbocycles. The normalized spacial score (nSPS) is 10.4. The van der Waals surface area contributed by atoms with Gasteiger partial charge < -0.3 is 4.74 Å². The van der Waals surface area contributed by atoms with Crippen LogP contribution < -0.4 is 0 Å². The van der Waals surface area contributed by atoms with Crippen LogP contribution in [0.5, 0.6) is 0 Å². The van der Waals surface area contributed by atoms with Crippen molar-refractivity contribution in [3.63, 3.8) is 0 Å². The van der Waals surface area contributed by atoms with Gasteiger partial charge >= 0.3 is 5.97 Å². The maximum atomic E-state index is 14.0. The largest absolute Gasteiger partial charge is 0.462 e. The van der Waals surface area contributed by atoms with E-state index >= 15 is 0 Å². The van der Waals surface area contributed by atoms with Crippen LogP contribution in [0.15, 0.2) is 36.4 Å². The Morgan fingerprint density at radius 2 is 1.85 bits per heavy atom. The highest BCUT2D eigenvalue weighted by molar-refractivity contribution is 6.39. The lowest BCUT2D eigenvalue weighted by Gasteiger charge is -2.09. The smallest absolute Gasteiger partial charge is 0.341 e. The average Bonchev–Trinajstić information content (AvgIpc) is 2.38. The molecular weight excluding hydrogens is 302 g/mol. The zero-order valence-electron chi connectivity index (χ0n) is 10.6. The number of esters is 1. The first kappa shape index (κ1) is 14.8. The van der Waals surface area contributed by atoms with Gasteiger partial charge in [0.05, 0.1) is 12.2 Å². The van der Waals surface area contributed by atoms with E-state index in [-0.39, 0.29) is 12.2 Å². The number of hydrogen-bond acceptors (Lipinski definition) is 2. The summed E-state index contributed by atoms with van der Waals surface area (Å²) in [5, 5.41) is 0.835. The number of hydrogen-bond donors (Lipinski definition) is 0. The van der Waals surface area contributed by atoms with Crippen LogP contribution in [0.2, 0.25) is 10.0 Å². The van der Waals surface area contributed by atoms with E-state index in [0.29, 0.717) is 21.2 Å². The lowest BCUT2D eigenvalue weighted by atomic mass is 10.0. The molecule has 0 radical (unpaired) electrons. The predicted molar refractivity (Wildman–Crippen MR) is 77.8 cm³/mol. The van der Waals surface area contributed by atoms with Gasteiger partial charge in [-0.25, -0.2) is 9.18 Å². The van der Waals surface area contributed by atoms with Crippen LogP contribution in [-0.4, -0.2) is 12.6 Å². The lowest BCUT2D eigenvalue weighted by Crippen LogP contribution is -2.07. The molecule has 0 aliphatic carbocycles. The molecule has 0 aliphatic rings. The summed E-state index contributed by atoms with van der Waals surface area (Å²) in [5.41, 5.74) is 0.926. The second-order valence-corrected chi connectivity index (χ2v) is 4.83. The topological polar surface area (TPSA) is 26.3 Å². The molecule has 0 unspecified atom stereocenters. The van der Waals surface area contributed by atoms with E-state index in [1.165, 1.54) is 12.1 Å². The van der Waals surface area contributed by atoms with Gasteiger partial charge in [-0.15, -0.1) is 0 Å². The summed E-state index contributed by atoms with van der Waals surface area (Å²) in [6, 6.07) is 9.21. The van der Waals surface area contributed by atoms with Crippen molar-refractivity contribution in [1.29, 1.82) is 0 Å². The van der Waals surface area contributed by atoms with E-state index in [0.717, 1.165) is 0 Å². The standard InChI is InChI=1S/C15H11Cl2FO2/c1-2-20-15(19)10-7-6-9(8-13(10)18)14-11(16)4-3-5-12(14)17/h3-8H,2H2,1H3. The Hall–Kier alpha value is -1.58. The summed E-state index contributed by atoms with van der Waals surface area (Å²) in [7, 11) is 0. The molecule has 0 heterocycles. The van der Waals surface area contributed by atoms with Crippen molar-refractivity contribution >= 4 is 29.2 Å². The third kappa shape index (κ3) is 2.94. The molecule has 0 spiro atoms. The minimum absolute atomic E-state index is 0.112. The zero-order chi connectivity index (χ0) is 14.7. The summed E-state index contributed by atoms with van der Waals surface area (Å²) in [4.78, 5) is 11.5. The average molecular weight is 313 g/mol. The van der Waals surface area contributed by atoms with E-state index in [1.54, 1.807) is 31.2 Å². The molecule has 0 saturated heterocycles. The highest BCUT2D eigenvalue weighted by atomic mass is 35.5. The Balaban J connectivity index is 2.46. The quantitative estimate of drug-likeness (QED) is 0.747. The fourth-order valence-corrected chi connectivity index (χ4v) is 2.43. The molecule has 2 nitrogen and oxygen atoms in total. The van der Waals surface area contributed by atoms with Crippen LogP contribution >= 0.6 is 23.2 Å². The molecule has 5 heteroatoms. The minimum atomic E-state index is -0.693.